The Labute approximate surface area is 137 Å². The summed E-state index contributed by atoms with van der Waals surface area (Å²) in [7, 11) is -3.53. The van der Waals surface area contributed by atoms with Crippen molar-refractivity contribution >= 4 is 22.7 Å². The van der Waals surface area contributed by atoms with Crippen LogP contribution in [0.3, 0.4) is 0 Å². The third kappa shape index (κ3) is 7.69. The van der Waals surface area contributed by atoms with Gasteiger partial charge in [0, 0.05) is 25.2 Å². The molecule has 1 rings (SSSR count). The molecule has 0 spiro atoms. The second-order valence-corrected chi connectivity index (χ2v) is 7.99. The summed E-state index contributed by atoms with van der Waals surface area (Å²) in [4.78, 5) is 11.9. The van der Waals surface area contributed by atoms with Crippen molar-refractivity contribution in [2.24, 2.45) is 5.10 Å². The molecular weight excluding hydrogens is 322 g/mol. The maximum atomic E-state index is 12.2. The molecule has 1 atom stereocenters. The van der Waals surface area contributed by atoms with Gasteiger partial charge in [0.15, 0.2) is 0 Å². The summed E-state index contributed by atoms with van der Waals surface area (Å²) in [5.74, 6) is -0.421. The van der Waals surface area contributed by atoms with Crippen molar-refractivity contribution < 1.29 is 28.1 Å². The second-order valence-electron chi connectivity index (χ2n) is 6.17. The zero-order valence-electron chi connectivity index (χ0n) is 13.9. The van der Waals surface area contributed by atoms with Gasteiger partial charge in [-0.15, -0.1) is 5.10 Å². The lowest BCUT2D eigenvalue weighted by molar-refractivity contribution is -0.683. The number of nitrogens with zero attached hydrogens (tertiary/aromatic N) is 2. The molecule has 8 nitrogen and oxygen atoms in total. The Morgan fingerprint density at radius 2 is 2.04 bits per heavy atom. The summed E-state index contributed by atoms with van der Waals surface area (Å²) < 4.78 is 36.1. The van der Waals surface area contributed by atoms with Crippen LogP contribution in [0, 0.1) is 0 Å². The van der Waals surface area contributed by atoms with Crippen molar-refractivity contribution in [3.05, 3.63) is 11.5 Å². The predicted octanol–water partition coefficient (Wildman–Crippen LogP) is -0.558. The van der Waals surface area contributed by atoms with Crippen LogP contribution in [-0.2, 0) is 24.3 Å². The molecule has 0 aromatic rings. The van der Waals surface area contributed by atoms with Gasteiger partial charge in [0.2, 0.25) is 10.0 Å². The number of carbonyl (C=O) groups is 1. The number of nitrogens with two attached hydrogens (primary N) is 1. The molecule has 0 amide bonds. The van der Waals surface area contributed by atoms with Gasteiger partial charge < -0.3 is 9.47 Å². The van der Waals surface area contributed by atoms with Crippen molar-refractivity contribution in [3.63, 3.8) is 0 Å². The van der Waals surface area contributed by atoms with Crippen LogP contribution in [0.25, 0.3) is 0 Å². The van der Waals surface area contributed by atoms with Crippen LogP contribution in [0.5, 0.6) is 0 Å². The van der Waals surface area contributed by atoms with Crippen molar-refractivity contribution in [1.82, 2.24) is 4.31 Å². The fraction of sp³-hybridized carbons (Fsp3) is 0.714. The molecule has 0 aliphatic carbocycles. The van der Waals surface area contributed by atoms with Crippen LogP contribution >= 0.6 is 0 Å². The highest BCUT2D eigenvalue weighted by atomic mass is 32.2. The van der Waals surface area contributed by atoms with Crippen molar-refractivity contribution in [2.45, 2.75) is 38.8 Å². The lowest BCUT2D eigenvalue weighted by Crippen LogP contribution is -2.84. The molecule has 1 fully saturated rings. The van der Waals surface area contributed by atoms with Crippen LogP contribution in [0.1, 0.15) is 27.2 Å². The Hall–Kier alpha value is -1.29. The van der Waals surface area contributed by atoms with Gasteiger partial charge in [-0.2, -0.15) is 4.31 Å². The summed E-state index contributed by atoms with van der Waals surface area (Å²) >= 11 is 0. The largest absolute Gasteiger partial charge is 0.460 e. The molecule has 0 saturated carbocycles. The minimum absolute atomic E-state index is 0.00538. The molecule has 0 aromatic carbocycles. The number of hydrogen-bond donors (Lipinski definition) is 1. The molecule has 2 N–H and O–H groups in total. The summed E-state index contributed by atoms with van der Waals surface area (Å²) in [6.45, 7) is 10.1. The number of ether oxygens (including phenoxy) is 2. The second kappa shape index (κ2) is 8.53. The third-order valence-corrected chi connectivity index (χ3v) is 4.53. The predicted molar refractivity (Wildman–Crippen MR) is 86.2 cm³/mol. The van der Waals surface area contributed by atoms with Crippen molar-refractivity contribution in [3.8, 4) is 0 Å². The van der Waals surface area contributed by atoms with Crippen LogP contribution in [0.4, 0.5) is 0 Å². The van der Waals surface area contributed by atoms with E-state index in [4.69, 9.17) is 9.47 Å². The van der Waals surface area contributed by atoms with Crippen LogP contribution in [0.2, 0.25) is 0 Å². The maximum absolute atomic E-state index is 12.2. The molecular formula is C14H26N3O5S+. The fourth-order valence-corrected chi connectivity index (χ4v) is 3.20. The monoisotopic (exact) mass is 348 g/mol. The van der Waals surface area contributed by atoms with Gasteiger partial charge >= 0.3 is 5.97 Å². The minimum Gasteiger partial charge on any atom is -0.460 e. The van der Waals surface area contributed by atoms with Gasteiger partial charge in [-0.1, -0.05) is 0 Å². The minimum atomic E-state index is -3.53. The Bertz CT molecular complexity index is 533. The average Bonchev–Trinajstić information content (AvgIpc) is 2.44. The Kier molecular flexibility index (Phi) is 7.33. The lowest BCUT2D eigenvalue weighted by Gasteiger charge is -2.24. The number of hydrogen-bond acceptors (Lipinski definition) is 6. The van der Waals surface area contributed by atoms with E-state index in [1.54, 1.807) is 20.8 Å². The van der Waals surface area contributed by atoms with E-state index in [1.807, 2.05) is 0 Å². The molecule has 0 aromatic heterocycles. The zero-order valence-corrected chi connectivity index (χ0v) is 14.7. The van der Waals surface area contributed by atoms with E-state index in [-0.39, 0.29) is 6.42 Å². The first-order valence-corrected chi connectivity index (χ1v) is 8.91. The van der Waals surface area contributed by atoms with Gasteiger partial charge in [-0.3, -0.25) is 4.79 Å². The lowest BCUT2D eigenvalue weighted by atomic mass is 10.2. The van der Waals surface area contributed by atoms with E-state index in [0.717, 1.165) is 5.41 Å². The Morgan fingerprint density at radius 1 is 1.43 bits per heavy atom. The fourth-order valence-electron chi connectivity index (χ4n) is 1.97. The molecule has 9 heteroatoms. The molecule has 1 aliphatic heterocycles. The van der Waals surface area contributed by atoms with Gasteiger partial charge in [0.1, 0.15) is 18.1 Å². The number of sulfonamides is 1. The normalized spacial score (nSPS) is 18.7. The first-order chi connectivity index (χ1) is 10.6. The summed E-state index contributed by atoms with van der Waals surface area (Å²) in [6.07, 6.45) is 1.44. The topological polar surface area (TPSA) is 102 Å². The van der Waals surface area contributed by atoms with Crippen molar-refractivity contribution in [1.29, 1.82) is 0 Å². The molecule has 1 heterocycles. The first-order valence-electron chi connectivity index (χ1n) is 7.41. The molecule has 1 unspecified atom stereocenters. The molecule has 0 bridgehead atoms. The summed E-state index contributed by atoms with van der Waals surface area (Å²) in [6, 6.07) is -0.488. The van der Waals surface area contributed by atoms with Gasteiger partial charge in [0.25, 0.3) is 0 Å². The van der Waals surface area contributed by atoms with Gasteiger partial charge in [0.05, 0.1) is 13.2 Å². The highest BCUT2D eigenvalue weighted by molar-refractivity contribution is 7.92. The van der Waals surface area contributed by atoms with Crippen LogP contribution < -0.4 is 5.43 Å². The van der Waals surface area contributed by atoms with Gasteiger partial charge in [-0.05, 0) is 26.8 Å². The number of rotatable bonds is 7. The third-order valence-electron chi connectivity index (χ3n) is 2.95. The summed E-state index contributed by atoms with van der Waals surface area (Å²) in [5.41, 5.74) is 0.835. The molecule has 1 aliphatic rings. The maximum Gasteiger partial charge on any atom is 0.312 e. The Morgan fingerprint density at radius 3 is 2.57 bits per heavy atom. The van der Waals surface area contributed by atoms with Crippen LogP contribution in [0.15, 0.2) is 16.6 Å². The SMILES string of the molecule is C=N[NH2+]C(C=CS(=O)(=O)N1CCOCC1)CC(=O)OC(C)(C)C. The van der Waals surface area contributed by atoms with Gasteiger partial charge in [-0.25, -0.2) is 13.8 Å². The van der Waals surface area contributed by atoms with Crippen molar-refractivity contribution in [2.75, 3.05) is 26.3 Å². The molecule has 1 saturated heterocycles. The smallest absolute Gasteiger partial charge is 0.312 e. The van der Waals surface area contributed by atoms with E-state index >= 15 is 0 Å². The number of carbonyl (C=O) groups excluding carboxylic acids is 1. The molecule has 132 valence electrons. The highest BCUT2D eigenvalue weighted by Gasteiger charge is 2.24. The van der Waals surface area contributed by atoms with E-state index in [2.05, 4.69) is 11.8 Å². The zero-order chi connectivity index (χ0) is 17.5. The molecule has 0 radical (unpaired) electrons. The quantitative estimate of drug-likeness (QED) is 0.288. The van der Waals surface area contributed by atoms with Crippen LogP contribution in [-0.4, -0.2) is 63.4 Å². The highest BCUT2D eigenvalue weighted by Crippen LogP contribution is 2.10. The standard InChI is InChI=1S/C14H25N3O5S/c1-14(2,3)22-13(18)11-12(16-15-4)5-10-23(19,20)17-6-8-21-9-7-17/h5,10,12,16H,4,6-9,11H2,1-3H3/p+1. The first kappa shape index (κ1) is 19.8. The average molecular weight is 348 g/mol. The van der Waals surface area contributed by atoms with E-state index in [9.17, 15) is 13.2 Å². The Balaban J connectivity index is 2.70. The number of morpholine rings is 1. The van der Waals surface area contributed by atoms with E-state index in [0.29, 0.717) is 26.3 Å². The summed E-state index contributed by atoms with van der Waals surface area (Å²) in [5, 5.41) is 4.74. The van der Waals surface area contributed by atoms with E-state index < -0.39 is 27.6 Å². The molecule has 23 heavy (non-hydrogen) atoms. The number of quaternary nitrogens is 1. The number of esters is 1. The van der Waals surface area contributed by atoms with E-state index in [1.165, 1.54) is 15.8 Å².